The Labute approximate surface area is 195 Å². The summed E-state index contributed by atoms with van der Waals surface area (Å²) >= 11 is 0. The molecule has 1 atom stereocenters. The Morgan fingerprint density at radius 3 is 2.26 bits per heavy atom. The van der Waals surface area contributed by atoms with Gasteiger partial charge >= 0.3 is 5.97 Å². The lowest BCUT2D eigenvalue weighted by Crippen LogP contribution is -2.38. The molecule has 4 rings (SSSR count). The van der Waals surface area contributed by atoms with E-state index in [-0.39, 0.29) is 29.5 Å². The van der Waals surface area contributed by atoms with Gasteiger partial charge < -0.3 is 10.1 Å². The van der Waals surface area contributed by atoms with E-state index in [0.29, 0.717) is 17.8 Å². The number of nitrogens with one attached hydrogen (secondary N) is 1. The van der Waals surface area contributed by atoms with E-state index in [2.05, 4.69) is 5.32 Å². The summed E-state index contributed by atoms with van der Waals surface area (Å²) in [6.07, 6.45) is -0.00851. The first kappa shape index (κ1) is 23.0. The highest BCUT2D eigenvalue weighted by molar-refractivity contribution is 6.22. The maximum Gasteiger partial charge on any atom is 0.338 e. The van der Waals surface area contributed by atoms with Gasteiger partial charge in [0, 0.05) is 12.1 Å². The first-order valence-electron chi connectivity index (χ1n) is 10.6. The summed E-state index contributed by atoms with van der Waals surface area (Å²) in [6, 6.07) is 19.5. The van der Waals surface area contributed by atoms with Gasteiger partial charge in [0.05, 0.1) is 23.7 Å². The first-order chi connectivity index (χ1) is 16.4. The van der Waals surface area contributed by atoms with Crippen LogP contribution in [-0.4, -0.2) is 36.2 Å². The molecular weight excluding hydrogens is 439 g/mol. The van der Waals surface area contributed by atoms with Crippen LogP contribution in [0.25, 0.3) is 0 Å². The molecule has 7 nitrogen and oxygen atoms in total. The Hall–Kier alpha value is -4.17. The van der Waals surface area contributed by atoms with E-state index in [9.17, 15) is 23.6 Å². The monoisotopic (exact) mass is 460 g/mol. The number of Topliss-reactive ketones (excluding diaryl/α,β-unsaturated/α-hetero) is 1. The summed E-state index contributed by atoms with van der Waals surface area (Å²) < 4.78 is 18.1. The zero-order valence-corrected chi connectivity index (χ0v) is 18.1. The zero-order valence-electron chi connectivity index (χ0n) is 18.1. The standard InChI is InChI=1S/C26H21FN2O5/c27-20-10-6-17(7-11-20)15-28-22-14-24(31)29(25(22)32)21-12-8-19(9-13-21)26(33)34-16-23(30)18-4-2-1-3-5-18/h1-13,22,28H,14-16H2. The molecule has 1 saturated heterocycles. The van der Waals surface area contributed by atoms with Gasteiger partial charge in [-0.15, -0.1) is 0 Å². The van der Waals surface area contributed by atoms with Crippen molar-refractivity contribution in [1.82, 2.24) is 5.32 Å². The van der Waals surface area contributed by atoms with Crippen molar-refractivity contribution in [2.75, 3.05) is 11.5 Å². The average molecular weight is 460 g/mol. The van der Waals surface area contributed by atoms with Crippen molar-refractivity contribution in [3.8, 4) is 0 Å². The van der Waals surface area contributed by atoms with Crippen LogP contribution in [0.2, 0.25) is 0 Å². The highest BCUT2D eigenvalue weighted by Crippen LogP contribution is 2.24. The van der Waals surface area contributed by atoms with Crippen LogP contribution in [0.3, 0.4) is 0 Å². The molecule has 0 aromatic heterocycles. The Bertz CT molecular complexity index is 1210. The SMILES string of the molecule is O=C(COC(=O)c1ccc(N2C(=O)CC(NCc3ccc(F)cc3)C2=O)cc1)c1ccccc1. The summed E-state index contributed by atoms with van der Waals surface area (Å²) in [4.78, 5) is 50.7. The minimum Gasteiger partial charge on any atom is -0.454 e. The van der Waals surface area contributed by atoms with Crippen LogP contribution < -0.4 is 10.2 Å². The van der Waals surface area contributed by atoms with Gasteiger partial charge in [-0.3, -0.25) is 14.4 Å². The van der Waals surface area contributed by atoms with Gasteiger partial charge in [-0.1, -0.05) is 42.5 Å². The summed E-state index contributed by atoms with van der Waals surface area (Å²) in [7, 11) is 0. The molecule has 0 saturated carbocycles. The molecule has 1 fully saturated rings. The molecule has 3 aromatic carbocycles. The molecule has 0 aliphatic carbocycles. The number of carbonyl (C=O) groups is 4. The second kappa shape index (κ2) is 10.2. The molecule has 0 spiro atoms. The Morgan fingerprint density at radius 2 is 1.59 bits per heavy atom. The van der Waals surface area contributed by atoms with Gasteiger partial charge in [0.1, 0.15) is 5.82 Å². The third-order valence-corrected chi connectivity index (χ3v) is 5.40. The van der Waals surface area contributed by atoms with E-state index in [1.54, 1.807) is 42.5 Å². The third-order valence-electron chi connectivity index (χ3n) is 5.40. The highest BCUT2D eigenvalue weighted by atomic mass is 19.1. The Morgan fingerprint density at radius 1 is 0.912 bits per heavy atom. The number of hydrogen-bond donors (Lipinski definition) is 1. The van der Waals surface area contributed by atoms with Crippen molar-refractivity contribution in [2.24, 2.45) is 0 Å². The van der Waals surface area contributed by atoms with Gasteiger partial charge in [0.15, 0.2) is 12.4 Å². The largest absolute Gasteiger partial charge is 0.454 e. The van der Waals surface area contributed by atoms with Crippen LogP contribution in [-0.2, 0) is 20.9 Å². The van der Waals surface area contributed by atoms with Crippen molar-refractivity contribution < 1.29 is 28.3 Å². The number of anilines is 1. The van der Waals surface area contributed by atoms with Crippen molar-refractivity contribution in [3.63, 3.8) is 0 Å². The summed E-state index contributed by atoms with van der Waals surface area (Å²) in [5, 5.41) is 3.03. The molecular formula is C26H21FN2O5. The molecule has 3 aromatic rings. The second-order valence-corrected chi connectivity index (χ2v) is 7.74. The zero-order chi connectivity index (χ0) is 24.1. The number of nitrogens with zero attached hydrogens (tertiary/aromatic N) is 1. The maximum atomic E-state index is 13.0. The Kier molecular flexibility index (Phi) is 6.89. The van der Waals surface area contributed by atoms with Crippen LogP contribution in [0.4, 0.5) is 10.1 Å². The van der Waals surface area contributed by atoms with E-state index < -0.39 is 24.5 Å². The number of imide groups is 1. The quantitative estimate of drug-likeness (QED) is 0.315. The number of ether oxygens (including phenoxy) is 1. The number of amides is 2. The highest BCUT2D eigenvalue weighted by Gasteiger charge is 2.39. The summed E-state index contributed by atoms with van der Waals surface area (Å²) in [6.45, 7) is -0.0839. The van der Waals surface area contributed by atoms with Crippen LogP contribution in [0, 0.1) is 5.82 Å². The van der Waals surface area contributed by atoms with Gasteiger partial charge in [-0.25, -0.2) is 14.1 Å². The topological polar surface area (TPSA) is 92.8 Å². The molecule has 34 heavy (non-hydrogen) atoms. The molecule has 172 valence electrons. The number of hydrogen-bond acceptors (Lipinski definition) is 6. The number of halogens is 1. The van der Waals surface area contributed by atoms with E-state index >= 15 is 0 Å². The summed E-state index contributed by atoms with van der Waals surface area (Å²) in [5.74, 6) is -2.13. The number of ketones is 1. The number of rotatable bonds is 8. The van der Waals surface area contributed by atoms with Crippen LogP contribution >= 0.6 is 0 Å². The normalized spacial score (nSPS) is 15.4. The fraction of sp³-hybridized carbons (Fsp3) is 0.154. The predicted molar refractivity (Wildman–Crippen MR) is 122 cm³/mol. The lowest BCUT2D eigenvalue weighted by Gasteiger charge is -2.16. The molecule has 0 bridgehead atoms. The van der Waals surface area contributed by atoms with Gasteiger partial charge in [0.25, 0.3) is 5.91 Å². The predicted octanol–water partition coefficient (Wildman–Crippen LogP) is 3.29. The fourth-order valence-corrected chi connectivity index (χ4v) is 3.57. The van der Waals surface area contributed by atoms with Crippen LogP contribution in [0.15, 0.2) is 78.9 Å². The Balaban J connectivity index is 1.34. The number of carbonyl (C=O) groups excluding carboxylic acids is 4. The van der Waals surface area contributed by atoms with E-state index in [1.807, 2.05) is 0 Å². The van der Waals surface area contributed by atoms with Crippen LogP contribution in [0.1, 0.15) is 32.7 Å². The van der Waals surface area contributed by atoms with Crippen molar-refractivity contribution >= 4 is 29.3 Å². The smallest absolute Gasteiger partial charge is 0.338 e. The maximum absolute atomic E-state index is 13.0. The fourth-order valence-electron chi connectivity index (χ4n) is 3.57. The first-order valence-corrected chi connectivity index (χ1v) is 10.6. The number of esters is 1. The third kappa shape index (κ3) is 5.24. The van der Waals surface area contributed by atoms with E-state index in [4.69, 9.17) is 4.74 Å². The molecule has 0 radical (unpaired) electrons. The molecule has 8 heteroatoms. The van der Waals surface area contributed by atoms with Gasteiger partial charge in [-0.2, -0.15) is 0 Å². The minimum absolute atomic E-state index is 0.00851. The van der Waals surface area contributed by atoms with Crippen molar-refractivity contribution in [1.29, 1.82) is 0 Å². The average Bonchev–Trinajstić information content (AvgIpc) is 3.15. The van der Waals surface area contributed by atoms with E-state index in [1.165, 1.54) is 36.4 Å². The van der Waals surface area contributed by atoms with Crippen molar-refractivity contribution in [3.05, 3.63) is 101 Å². The minimum atomic E-state index is -0.703. The van der Waals surface area contributed by atoms with Gasteiger partial charge in [0.2, 0.25) is 5.91 Å². The van der Waals surface area contributed by atoms with Gasteiger partial charge in [-0.05, 0) is 42.0 Å². The molecule has 1 heterocycles. The lowest BCUT2D eigenvalue weighted by atomic mass is 10.1. The van der Waals surface area contributed by atoms with E-state index in [0.717, 1.165) is 10.5 Å². The molecule has 1 aliphatic heterocycles. The second-order valence-electron chi connectivity index (χ2n) is 7.74. The molecule has 1 unspecified atom stereocenters. The molecule has 1 aliphatic rings. The lowest BCUT2D eigenvalue weighted by molar-refractivity contribution is -0.121. The molecule has 2 amide bonds. The van der Waals surface area contributed by atoms with Crippen molar-refractivity contribution in [2.45, 2.75) is 19.0 Å². The number of benzene rings is 3. The van der Waals surface area contributed by atoms with Crippen LogP contribution in [0.5, 0.6) is 0 Å². The molecule has 1 N–H and O–H groups in total. The summed E-state index contributed by atoms with van der Waals surface area (Å²) in [5.41, 5.74) is 1.75.